The predicted molar refractivity (Wildman–Crippen MR) is 103 cm³/mol. The first kappa shape index (κ1) is 18.3. The van der Waals surface area contributed by atoms with Crippen LogP contribution < -0.4 is 5.32 Å². The van der Waals surface area contributed by atoms with Crippen LogP contribution in [0.25, 0.3) is 10.9 Å². The summed E-state index contributed by atoms with van der Waals surface area (Å²) in [6, 6.07) is 12.1. The number of hydrogen-bond acceptors (Lipinski definition) is 3. The van der Waals surface area contributed by atoms with Crippen LogP contribution in [0.3, 0.4) is 0 Å². The fourth-order valence-corrected chi connectivity index (χ4v) is 2.98. The number of ether oxygens (including phenoxy) is 1. The molecule has 3 aromatic rings. The average molecular weight is 391 g/mol. The summed E-state index contributed by atoms with van der Waals surface area (Å²) in [6.45, 7) is 3.28. The first-order valence-electron chi connectivity index (χ1n) is 7.91. The van der Waals surface area contributed by atoms with Crippen molar-refractivity contribution in [3.8, 4) is 0 Å². The molecular weight excluding hydrogens is 375 g/mol. The van der Waals surface area contributed by atoms with Crippen LogP contribution in [0, 0.1) is 6.92 Å². The third-order valence-electron chi connectivity index (χ3n) is 3.94. The Morgan fingerprint density at radius 3 is 2.65 bits per heavy atom. The second-order valence-electron chi connectivity index (χ2n) is 5.83. The first-order valence-corrected chi connectivity index (χ1v) is 8.66. The molecule has 1 amide bonds. The van der Waals surface area contributed by atoms with Gasteiger partial charge in [-0.1, -0.05) is 41.4 Å². The largest absolute Gasteiger partial charge is 0.449 e. The second kappa shape index (κ2) is 7.40. The number of aromatic nitrogens is 1. The molecule has 0 aliphatic heterocycles. The molecule has 2 aromatic carbocycles. The van der Waals surface area contributed by atoms with Crippen LogP contribution in [0.2, 0.25) is 10.0 Å². The Hall–Kier alpha value is -2.50. The van der Waals surface area contributed by atoms with E-state index in [9.17, 15) is 9.59 Å². The SMILES string of the molecule is Cc1[nH]c2ccccc2c1C(=O)OC(C)C(=O)Nc1cc(Cl)ccc1Cl. The van der Waals surface area contributed by atoms with Crippen molar-refractivity contribution < 1.29 is 14.3 Å². The number of fused-ring (bicyclic) bond motifs is 1. The zero-order valence-electron chi connectivity index (χ0n) is 14.1. The maximum atomic E-state index is 12.6. The molecule has 0 saturated carbocycles. The van der Waals surface area contributed by atoms with Gasteiger partial charge in [0, 0.05) is 21.6 Å². The van der Waals surface area contributed by atoms with Crippen LogP contribution in [0.5, 0.6) is 0 Å². The summed E-state index contributed by atoms with van der Waals surface area (Å²) in [4.78, 5) is 28.0. The molecule has 0 saturated heterocycles. The average Bonchev–Trinajstić information content (AvgIpc) is 2.93. The van der Waals surface area contributed by atoms with E-state index >= 15 is 0 Å². The number of aromatic amines is 1. The Kier molecular flexibility index (Phi) is 5.20. The number of para-hydroxylation sites is 1. The molecule has 2 N–H and O–H groups in total. The van der Waals surface area contributed by atoms with Gasteiger partial charge in [-0.25, -0.2) is 4.79 Å². The summed E-state index contributed by atoms with van der Waals surface area (Å²) in [6.07, 6.45) is -1.01. The number of carbonyl (C=O) groups is 2. The van der Waals surface area contributed by atoms with Gasteiger partial charge in [-0.3, -0.25) is 4.79 Å². The van der Waals surface area contributed by atoms with Crippen LogP contribution in [-0.4, -0.2) is 23.0 Å². The maximum Gasteiger partial charge on any atom is 0.341 e. The Morgan fingerprint density at radius 2 is 1.88 bits per heavy atom. The van der Waals surface area contributed by atoms with Crippen LogP contribution in [0.1, 0.15) is 23.0 Å². The molecule has 3 rings (SSSR count). The van der Waals surface area contributed by atoms with Gasteiger partial charge in [0.2, 0.25) is 0 Å². The molecule has 0 aliphatic rings. The fourth-order valence-electron chi connectivity index (χ4n) is 2.64. The number of halogens is 2. The monoisotopic (exact) mass is 390 g/mol. The number of H-pyrrole nitrogens is 1. The van der Waals surface area contributed by atoms with Gasteiger partial charge in [0.1, 0.15) is 0 Å². The number of carbonyl (C=O) groups excluding carboxylic acids is 2. The van der Waals surface area contributed by atoms with Crippen molar-refractivity contribution in [1.29, 1.82) is 0 Å². The van der Waals surface area contributed by atoms with Crippen LogP contribution >= 0.6 is 23.2 Å². The van der Waals surface area contributed by atoms with E-state index in [1.807, 2.05) is 24.3 Å². The van der Waals surface area contributed by atoms with E-state index in [0.717, 1.165) is 10.9 Å². The number of anilines is 1. The van der Waals surface area contributed by atoms with Crippen LogP contribution in [-0.2, 0) is 9.53 Å². The van der Waals surface area contributed by atoms with Crippen LogP contribution in [0.4, 0.5) is 5.69 Å². The normalized spacial score (nSPS) is 12.0. The lowest BCUT2D eigenvalue weighted by Gasteiger charge is -2.14. The molecule has 0 spiro atoms. The Bertz CT molecular complexity index is 998. The van der Waals surface area contributed by atoms with E-state index < -0.39 is 18.0 Å². The third kappa shape index (κ3) is 3.69. The van der Waals surface area contributed by atoms with E-state index in [1.54, 1.807) is 19.1 Å². The minimum Gasteiger partial charge on any atom is -0.449 e. The Balaban J connectivity index is 1.75. The zero-order valence-corrected chi connectivity index (χ0v) is 15.6. The topological polar surface area (TPSA) is 71.2 Å². The van der Waals surface area contributed by atoms with E-state index in [-0.39, 0.29) is 0 Å². The maximum absolute atomic E-state index is 12.6. The summed E-state index contributed by atoms with van der Waals surface area (Å²) in [5.74, 6) is -1.07. The van der Waals surface area contributed by atoms with Crippen molar-refractivity contribution in [1.82, 2.24) is 4.98 Å². The van der Waals surface area contributed by atoms with E-state index in [2.05, 4.69) is 10.3 Å². The second-order valence-corrected chi connectivity index (χ2v) is 6.68. The zero-order chi connectivity index (χ0) is 18.8. The number of benzene rings is 2. The Morgan fingerprint density at radius 1 is 1.15 bits per heavy atom. The van der Waals surface area contributed by atoms with Crippen LogP contribution in [0.15, 0.2) is 42.5 Å². The summed E-state index contributed by atoms with van der Waals surface area (Å²) >= 11 is 11.9. The number of amides is 1. The molecule has 1 aromatic heterocycles. The van der Waals surface area contributed by atoms with Crippen molar-refractivity contribution in [3.05, 3.63) is 63.8 Å². The van der Waals surface area contributed by atoms with Gasteiger partial charge in [0.15, 0.2) is 6.10 Å². The molecule has 0 bridgehead atoms. The fraction of sp³-hybridized carbons (Fsp3) is 0.158. The molecule has 7 heteroatoms. The predicted octanol–water partition coefficient (Wildman–Crippen LogP) is 4.97. The van der Waals surface area contributed by atoms with Crippen molar-refractivity contribution in [2.45, 2.75) is 20.0 Å². The van der Waals surface area contributed by atoms with Gasteiger partial charge in [-0.15, -0.1) is 0 Å². The van der Waals surface area contributed by atoms with Crippen molar-refractivity contribution in [2.75, 3.05) is 5.32 Å². The third-order valence-corrected chi connectivity index (χ3v) is 4.50. The molecule has 1 unspecified atom stereocenters. The molecule has 5 nitrogen and oxygen atoms in total. The van der Waals surface area contributed by atoms with Crippen molar-refractivity contribution in [3.63, 3.8) is 0 Å². The lowest BCUT2D eigenvalue weighted by atomic mass is 10.1. The smallest absolute Gasteiger partial charge is 0.341 e. The summed E-state index contributed by atoms with van der Waals surface area (Å²) in [5.41, 5.74) is 2.29. The highest BCUT2D eigenvalue weighted by atomic mass is 35.5. The minimum absolute atomic E-state index is 0.341. The molecule has 0 fully saturated rings. The van der Waals surface area contributed by atoms with Gasteiger partial charge in [0.25, 0.3) is 5.91 Å². The van der Waals surface area contributed by atoms with Gasteiger partial charge in [-0.2, -0.15) is 0 Å². The highest BCUT2D eigenvalue weighted by Gasteiger charge is 2.23. The van der Waals surface area contributed by atoms with Gasteiger partial charge in [-0.05, 0) is 38.1 Å². The van der Waals surface area contributed by atoms with Gasteiger partial charge >= 0.3 is 5.97 Å². The highest BCUT2D eigenvalue weighted by Crippen LogP contribution is 2.26. The van der Waals surface area contributed by atoms with Gasteiger partial charge in [0.05, 0.1) is 16.3 Å². The summed E-state index contributed by atoms with van der Waals surface area (Å²) in [7, 11) is 0. The Labute approximate surface area is 160 Å². The molecule has 26 heavy (non-hydrogen) atoms. The van der Waals surface area contributed by atoms with Crippen molar-refractivity contribution >= 4 is 51.7 Å². The van der Waals surface area contributed by atoms with Crippen molar-refractivity contribution in [2.24, 2.45) is 0 Å². The molecule has 0 radical (unpaired) electrons. The summed E-state index contributed by atoms with van der Waals surface area (Å²) in [5, 5.41) is 4.14. The lowest BCUT2D eigenvalue weighted by Crippen LogP contribution is -2.30. The minimum atomic E-state index is -1.01. The number of esters is 1. The molecule has 134 valence electrons. The molecule has 1 atom stereocenters. The summed E-state index contributed by atoms with van der Waals surface area (Å²) < 4.78 is 5.34. The molecule has 0 aliphatic carbocycles. The quantitative estimate of drug-likeness (QED) is 0.617. The molecule has 1 heterocycles. The lowest BCUT2D eigenvalue weighted by molar-refractivity contribution is -0.123. The number of hydrogen-bond donors (Lipinski definition) is 2. The number of nitrogens with one attached hydrogen (secondary N) is 2. The van der Waals surface area contributed by atoms with Gasteiger partial charge < -0.3 is 15.0 Å². The van der Waals surface area contributed by atoms with E-state index in [0.29, 0.717) is 27.0 Å². The highest BCUT2D eigenvalue weighted by molar-refractivity contribution is 6.35. The molecular formula is C19H16Cl2N2O3. The standard InChI is InChI=1S/C19H16Cl2N2O3/c1-10-17(13-5-3-4-6-15(13)22-10)19(25)26-11(2)18(24)23-16-9-12(20)7-8-14(16)21/h3-9,11,22H,1-2H3,(H,23,24). The van der Waals surface area contributed by atoms with E-state index in [4.69, 9.17) is 27.9 Å². The van der Waals surface area contributed by atoms with E-state index in [1.165, 1.54) is 13.0 Å². The number of rotatable bonds is 4. The number of aryl methyl sites for hydroxylation is 1. The first-order chi connectivity index (χ1) is 12.4.